The quantitative estimate of drug-likeness (QED) is 0.829. The van der Waals surface area contributed by atoms with E-state index in [0.717, 1.165) is 6.07 Å². The van der Waals surface area contributed by atoms with Crippen LogP contribution < -0.4 is 4.74 Å². The van der Waals surface area contributed by atoms with Gasteiger partial charge in [0.05, 0.1) is 5.56 Å². The Morgan fingerprint density at radius 1 is 1.11 bits per heavy atom. The van der Waals surface area contributed by atoms with Crippen LogP contribution in [0, 0.1) is 0 Å². The summed E-state index contributed by atoms with van der Waals surface area (Å²) in [4.78, 5) is 26.5. The van der Waals surface area contributed by atoms with E-state index in [2.05, 4.69) is 4.74 Å². The number of carbonyl (C=O) groups excluding carboxylic acids is 1. The highest BCUT2D eigenvalue weighted by Gasteiger charge is 2.33. The number of halogens is 3. The van der Waals surface area contributed by atoms with Crippen molar-refractivity contribution in [3.05, 3.63) is 29.3 Å². The molecule has 0 spiro atoms. The van der Waals surface area contributed by atoms with E-state index >= 15 is 0 Å². The molecule has 2 rings (SSSR count). The summed E-state index contributed by atoms with van der Waals surface area (Å²) in [6, 6.07) is 3.41. The van der Waals surface area contributed by atoms with Crippen LogP contribution in [-0.2, 0) is 11.3 Å². The molecule has 0 atom stereocenters. The van der Waals surface area contributed by atoms with Gasteiger partial charge in [0.15, 0.2) is 0 Å². The summed E-state index contributed by atoms with van der Waals surface area (Å²) >= 11 is 0. The number of aromatic carboxylic acids is 1. The standard InChI is InChI=1S/C18H23F3N2O5/c1-17(2,3)28-16(26)23-8-6-22(7-9-23)11-13-5-4-12(15(24)25)10-14(13)27-18(19,20)21/h4-5,10H,6-9,11H2,1-3H3,(H,24,25). The Kier molecular flexibility index (Phi) is 6.43. The lowest BCUT2D eigenvalue weighted by Crippen LogP contribution is -2.49. The van der Waals surface area contributed by atoms with Gasteiger partial charge in [0.25, 0.3) is 0 Å². The van der Waals surface area contributed by atoms with Gasteiger partial charge in [-0.25, -0.2) is 9.59 Å². The van der Waals surface area contributed by atoms with Crippen LogP contribution in [0.25, 0.3) is 0 Å². The second kappa shape index (κ2) is 8.26. The second-order valence-corrected chi connectivity index (χ2v) is 7.42. The molecule has 7 nitrogen and oxygen atoms in total. The van der Waals surface area contributed by atoms with E-state index in [1.54, 1.807) is 25.7 Å². The van der Waals surface area contributed by atoms with Crippen molar-refractivity contribution in [1.29, 1.82) is 0 Å². The SMILES string of the molecule is CC(C)(C)OC(=O)N1CCN(Cc2ccc(C(=O)O)cc2OC(F)(F)F)CC1. The molecule has 0 bridgehead atoms. The minimum absolute atomic E-state index is 0.132. The monoisotopic (exact) mass is 404 g/mol. The molecule has 28 heavy (non-hydrogen) atoms. The molecule has 1 fully saturated rings. The highest BCUT2D eigenvalue weighted by atomic mass is 19.4. The van der Waals surface area contributed by atoms with E-state index in [4.69, 9.17) is 9.84 Å². The fourth-order valence-electron chi connectivity index (χ4n) is 2.69. The van der Waals surface area contributed by atoms with E-state index in [9.17, 15) is 22.8 Å². The van der Waals surface area contributed by atoms with Crippen LogP contribution in [0.2, 0.25) is 0 Å². The normalized spacial score (nSPS) is 16.0. The molecule has 1 aromatic carbocycles. The fourth-order valence-corrected chi connectivity index (χ4v) is 2.69. The summed E-state index contributed by atoms with van der Waals surface area (Å²) in [7, 11) is 0. The van der Waals surface area contributed by atoms with Crippen LogP contribution in [-0.4, -0.2) is 65.1 Å². The zero-order valence-corrected chi connectivity index (χ0v) is 15.9. The maximum Gasteiger partial charge on any atom is 0.573 e. The molecule has 1 heterocycles. The zero-order valence-electron chi connectivity index (χ0n) is 15.9. The van der Waals surface area contributed by atoms with Gasteiger partial charge in [-0.3, -0.25) is 4.90 Å². The van der Waals surface area contributed by atoms with Crippen molar-refractivity contribution in [2.24, 2.45) is 0 Å². The van der Waals surface area contributed by atoms with Crippen LogP contribution in [0.4, 0.5) is 18.0 Å². The molecule has 10 heteroatoms. The predicted molar refractivity (Wildman–Crippen MR) is 93.2 cm³/mol. The van der Waals surface area contributed by atoms with Crippen molar-refractivity contribution in [1.82, 2.24) is 9.80 Å². The van der Waals surface area contributed by atoms with E-state index in [1.807, 2.05) is 4.90 Å². The summed E-state index contributed by atoms with van der Waals surface area (Å²) < 4.78 is 47.3. The van der Waals surface area contributed by atoms with Crippen LogP contribution in [0.3, 0.4) is 0 Å². The summed E-state index contributed by atoms with van der Waals surface area (Å²) in [5.74, 6) is -1.88. The van der Waals surface area contributed by atoms with Gasteiger partial charge in [0.2, 0.25) is 0 Å². The molecule has 1 amide bonds. The predicted octanol–water partition coefficient (Wildman–Crippen LogP) is 3.34. The number of rotatable bonds is 4. The Labute approximate surface area is 160 Å². The Bertz CT molecular complexity index is 723. The molecule has 0 aromatic heterocycles. The van der Waals surface area contributed by atoms with Gasteiger partial charge in [0, 0.05) is 38.3 Å². The van der Waals surface area contributed by atoms with Gasteiger partial charge in [-0.1, -0.05) is 6.07 Å². The average molecular weight is 404 g/mol. The van der Waals surface area contributed by atoms with Crippen LogP contribution >= 0.6 is 0 Å². The van der Waals surface area contributed by atoms with E-state index in [0.29, 0.717) is 26.2 Å². The molecule has 0 unspecified atom stereocenters. The summed E-state index contributed by atoms with van der Waals surface area (Å²) in [5, 5.41) is 8.99. The topological polar surface area (TPSA) is 79.3 Å². The van der Waals surface area contributed by atoms with E-state index < -0.39 is 29.8 Å². The molecule has 0 radical (unpaired) electrons. The zero-order chi connectivity index (χ0) is 21.1. The second-order valence-electron chi connectivity index (χ2n) is 7.42. The molecule has 1 saturated heterocycles. The number of amides is 1. The van der Waals surface area contributed by atoms with Crippen molar-refractivity contribution in [2.75, 3.05) is 26.2 Å². The van der Waals surface area contributed by atoms with Crippen LogP contribution in [0.5, 0.6) is 5.75 Å². The number of alkyl halides is 3. The lowest BCUT2D eigenvalue weighted by Gasteiger charge is -2.35. The number of nitrogens with zero attached hydrogens (tertiary/aromatic N) is 2. The minimum Gasteiger partial charge on any atom is -0.478 e. The fraction of sp³-hybridized carbons (Fsp3) is 0.556. The lowest BCUT2D eigenvalue weighted by molar-refractivity contribution is -0.275. The number of carbonyl (C=O) groups is 2. The first-order valence-corrected chi connectivity index (χ1v) is 8.66. The smallest absolute Gasteiger partial charge is 0.478 e. The number of hydrogen-bond acceptors (Lipinski definition) is 5. The van der Waals surface area contributed by atoms with E-state index in [1.165, 1.54) is 12.1 Å². The number of benzene rings is 1. The Morgan fingerprint density at radius 2 is 1.71 bits per heavy atom. The first-order valence-electron chi connectivity index (χ1n) is 8.66. The molecule has 1 aliphatic rings. The summed E-state index contributed by atoms with van der Waals surface area (Å²) in [6.45, 7) is 7.05. The molecular formula is C18H23F3N2O5. The van der Waals surface area contributed by atoms with Gasteiger partial charge in [-0.2, -0.15) is 0 Å². The third kappa shape index (κ3) is 6.59. The first kappa shape index (κ1) is 21.8. The summed E-state index contributed by atoms with van der Waals surface area (Å²) in [5.41, 5.74) is -0.685. The largest absolute Gasteiger partial charge is 0.573 e. The van der Waals surface area contributed by atoms with Crippen molar-refractivity contribution >= 4 is 12.1 Å². The van der Waals surface area contributed by atoms with Crippen LogP contribution in [0.1, 0.15) is 36.7 Å². The maximum absolute atomic E-state index is 12.7. The van der Waals surface area contributed by atoms with E-state index in [-0.39, 0.29) is 17.7 Å². The van der Waals surface area contributed by atoms with Crippen molar-refractivity contribution in [3.63, 3.8) is 0 Å². The molecular weight excluding hydrogens is 381 g/mol. The third-order valence-corrected chi connectivity index (χ3v) is 3.96. The average Bonchev–Trinajstić information content (AvgIpc) is 2.54. The molecule has 1 aromatic rings. The third-order valence-electron chi connectivity index (χ3n) is 3.96. The van der Waals surface area contributed by atoms with Crippen molar-refractivity contribution in [3.8, 4) is 5.75 Å². The Balaban J connectivity index is 2.04. The first-order chi connectivity index (χ1) is 12.8. The number of carboxylic acid groups (broad SMARTS) is 1. The molecule has 1 N–H and O–H groups in total. The molecule has 1 aliphatic heterocycles. The van der Waals surface area contributed by atoms with Gasteiger partial charge < -0.3 is 19.5 Å². The number of hydrogen-bond donors (Lipinski definition) is 1. The van der Waals surface area contributed by atoms with Gasteiger partial charge >= 0.3 is 18.4 Å². The number of ether oxygens (including phenoxy) is 2. The van der Waals surface area contributed by atoms with Crippen molar-refractivity contribution in [2.45, 2.75) is 39.3 Å². The van der Waals surface area contributed by atoms with Crippen molar-refractivity contribution < 1.29 is 37.3 Å². The number of carboxylic acids is 1. The Morgan fingerprint density at radius 3 is 2.21 bits per heavy atom. The molecule has 156 valence electrons. The van der Waals surface area contributed by atoms with Gasteiger partial charge in [0.1, 0.15) is 11.4 Å². The van der Waals surface area contributed by atoms with Gasteiger partial charge in [-0.05, 0) is 32.9 Å². The highest BCUT2D eigenvalue weighted by molar-refractivity contribution is 5.88. The maximum atomic E-state index is 12.7. The minimum atomic E-state index is -4.93. The van der Waals surface area contributed by atoms with Crippen LogP contribution in [0.15, 0.2) is 18.2 Å². The molecule has 0 aliphatic carbocycles. The van der Waals surface area contributed by atoms with Gasteiger partial charge in [-0.15, -0.1) is 13.2 Å². The number of piperazine rings is 1. The Hall–Kier alpha value is -2.49. The summed E-state index contributed by atoms with van der Waals surface area (Å²) in [6.07, 6.45) is -5.36. The lowest BCUT2D eigenvalue weighted by atomic mass is 10.1. The molecule has 0 saturated carbocycles. The highest BCUT2D eigenvalue weighted by Crippen LogP contribution is 2.29.